The highest BCUT2D eigenvalue weighted by molar-refractivity contribution is 9.10. The molecule has 3 aromatic rings. The summed E-state index contributed by atoms with van der Waals surface area (Å²) in [5.74, 6) is -0.246. The maximum Gasteiger partial charge on any atom is 0.254 e. The van der Waals surface area contributed by atoms with Crippen LogP contribution >= 0.6 is 27.7 Å². The van der Waals surface area contributed by atoms with Gasteiger partial charge in [0.2, 0.25) is 10.0 Å². The van der Waals surface area contributed by atoms with E-state index in [4.69, 9.17) is 0 Å². The number of aromatic nitrogens is 1. The Morgan fingerprint density at radius 1 is 1.07 bits per heavy atom. The molecule has 0 aliphatic rings. The first-order valence-electron chi connectivity index (χ1n) is 8.58. The first kappa shape index (κ1) is 21.5. The molecule has 1 aromatic heterocycles. The normalized spacial score (nSPS) is 11.2. The van der Waals surface area contributed by atoms with Gasteiger partial charge in [0.05, 0.1) is 10.5 Å². The molecule has 3 rings (SSSR count). The molecule has 0 spiro atoms. The van der Waals surface area contributed by atoms with Gasteiger partial charge in [0.1, 0.15) is 5.03 Å². The number of sulfonamides is 1. The predicted molar refractivity (Wildman–Crippen MR) is 116 cm³/mol. The Morgan fingerprint density at radius 3 is 2.41 bits per heavy atom. The molecule has 1 heterocycles. The van der Waals surface area contributed by atoms with E-state index < -0.39 is 10.0 Å². The standard InChI is InChI=1S/C20H18BrN3O3S2/c1-22-29(26,27)17-10-4-14(5-11-17)13-24-19(25)18-3-2-12-23-20(18)28-16-8-6-15(21)7-9-16/h2-12,22H,13H2,1H3,(H,24,25). The van der Waals surface area contributed by atoms with Crippen LogP contribution in [0.4, 0.5) is 0 Å². The minimum Gasteiger partial charge on any atom is -0.348 e. The van der Waals surface area contributed by atoms with Gasteiger partial charge in [0, 0.05) is 22.1 Å². The van der Waals surface area contributed by atoms with Crippen molar-refractivity contribution in [2.45, 2.75) is 21.4 Å². The lowest BCUT2D eigenvalue weighted by molar-refractivity contribution is 0.0947. The summed E-state index contributed by atoms with van der Waals surface area (Å²) >= 11 is 4.82. The summed E-state index contributed by atoms with van der Waals surface area (Å²) in [7, 11) is -2.12. The zero-order valence-electron chi connectivity index (χ0n) is 15.4. The van der Waals surface area contributed by atoms with Crippen molar-refractivity contribution in [1.82, 2.24) is 15.0 Å². The average Bonchev–Trinajstić information content (AvgIpc) is 2.74. The van der Waals surface area contributed by atoms with Crippen molar-refractivity contribution >= 4 is 43.6 Å². The lowest BCUT2D eigenvalue weighted by Crippen LogP contribution is -2.24. The van der Waals surface area contributed by atoms with Gasteiger partial charge >= 0.3 is 0 Å². The maximum absolute atomic E-state index is 12.7. The smallest absolute Gasteiger partial charge is 0.254 e. The Hall–Kier alpha value is -2.20. The fourth-order valence-corrected chi connectivity index (χ4v) is 4.32. The van der Waals surface area contributed by atoms with Gasteiger partial charge in [0.25, 0.3) is 5.91 Å². The van der Waals surface area contributed by atoms with Gasteiger partial charge in [-0.3, -0.25) is 4.79 Å². The fourth-order valence-electron chi connectivity index (χ4n) is 2.44. The summed E-state index contributed by atoms with van der Waals surface area (Å²) in [5, 5.41) is 3.47. The summed E-state index contributed by atoms with van der Waals surface area (Å²) in [6.07, 6.45) is 1.65. The van der Waals surface area contributed by atoms with Crippen molar-refractivity contribution in [3.05, 3.63) is 82.5 Å². The number of pyridine rings is 1. The summed E-state index contributed by atoms with van der Waals surface area (Å²) in [4.78, 5) is 18.2. The number of nitrogens with one attached hydrogen (secondary N) is 2. The van der Waals surface area contributed by atoms with Crippen LogP contribution in [-0.4, -0.2) is 26.4 Å². The highest BCUT2D eigenvalue weighted by Gasteiger charge is 2.14. The number of nitrogens with zero attached hydrogens (tertiary/aromatic N) is 1. The van der Waals surface area contributed by atoms with Crippen LogP contribution in [0.3, 0.4) is 0 Å². The summed E-state index contributed by atoms with van der Waals surface area (Å²) in [5.41, 5.74) is 1.27. The van der Waals surface area contributed by atoms with Crippen LogP contribution in [0.1, 0.15) is 15.9 Å². The van der Waals surface area contributed by atoms with Gasteiger partial charge in [-0.05, 0) is 61.1 Å². The van der Waals surface area contributed by atoms with Crippen LogP contribution in [0.15, 0.2) is 86.2 Å². The van der Waals surface area contributed by atoms with Crippen molar-refractivity contribution < 1.29 is 13.2 Å². The number of carbonyl (C=O) groups excluding carboxylic acids is 1. The highest BCUT2D eigenvalue weighted by atomic mass is 79.9. The third-order valence-electron chi connectivity index (χ3n) is 4.00. The van der Waals surface area contributed by atoms with Gasteiger partial charge in [-0.2, -0.15) is 0 Å². The lowest BCUT2D eigenvalue weighted by atomic mass is 10.2. The van der Waals surface area contributed by atoms with E-state index in [-0.39, 0.29) is 17.3 Å². The van der Waals surface area contributed by atoms with E-state index in [0.717, 1.165) is 14.9 Å². The van der Waals surface area contributed by atoms with E-state index >= 15 is 0 Å². The van der Waals surface area contributed by atoms with Gasteiger partial charge in [-0.15, -0.1) is 0 Å². The van der Waals surface area contributed by atoms with E-state index in [1.54, 1.807) is 30.5 Å². The molecule has 0 fully saturated rings. The second kappa shape index (κ2) is 9.53. The van der Waals surface area contributed by atoms with Crippen molar-refractivity contribution in [3.63, 3.8) is 0 Å². The molecule has 1 amide bonds. The van der Waals surface area contributed by atoms with Crippen molar-refractivity contribution in [1.29, 1.82) is 0 Å². The number of carbonyl (C=O) groups is 1. The molecule has 0 radical (unpaired) electrons. The van der Waals surface area contributed by atoms with Crippen LogP contribution < -0.4 is 10.0 Å². The van der Waals surface area contributed by atoms with E-state index in [0.29, 0.717) is 10.6 Å². The van der Waals surface area contributed by atoms with E-state index in [9.17, 15) is 13.2 Å². The maximum atomic E-state index is 12.7. The molecule has 6 nitrogen and oxygen atoms in total. The number of hydrogen-bond donors (Lipinski definition) is 2. The quantitative estimate of drug-likeness (QED) is 0.524. The number of benzene rings is 2. The third-order valence-corrected chi connectivity index (χ3v) is 6.98. The highest BCUT2D eigenvalue weighted by Crippen LogP contribution is 2.29. The van der Waals surface area contributed by atoms with Gasteiger partial charge in [-0.25, -0.2) is 18.1 Å². The fraction of sp³-hybridized carbons (Fsp3) is 0.100. The molecule has 2 N–H and O–H groups in total. The summed E-state index contributed by atoms with van der Waals surface area (Å²) in [6, 6.07) is 17.6. The first-order valence-corrected chi connectivity index (χ1v) is 11.7. The molecule has 0 aliphatic heterocycles. The van der Waals surface area contributed by atoms with Crippen LogP contribution in [0.2, 0.25) is 0 Å². The summed E-state index contributed by atoms with van der Waals surface area (Å²) < 4.78 is 26.8. The SMILES string of the molecule is CNS(=O)(=O)c1ccc(CNC(=O)c2cccnc2Sc2ccc(Br)cc2)cc1. The minimum absolute atomic E-state index is 0.176. The van der Waals surface area contributed by atoms with Gasteiger partial charge in [0.15, 0.2) is 0 Å². The van der Waals surface area contributed by atoms with Gasteiger partial charge < -0.3 is 5.32 Å². The van der Waals surface area contributed by atoms with Crippen LogP contribution in [-0.2, 0) is 16.6 Å². The lowest BCUT2D eigenvalue weighted by Gasteiger charge is -2.10. The monoisotopic (exact) mass is 491 g/mol. The molecular formula is C20H18BrN3O3S2. The Bertz CT molecular complexity index is 1100. The van der Waals surface area contributed by atoms with E-state index in [1.165, 1.54) is 30.9 Å². The average molecular weight is 492 g/mol. The summed E-state index contributed by atoms with van der Waals surface area (Å²) in [6.45, 7) is 0.274. The zero-order chi connectivity index (χ0) is 20.9. The Kier molecular flexibility index (Phi) is 7.07. The zero-order valence-corrected chi connectivity index (χ0v) is 18.6. The number of hydrogen-bond acceptors (Lipinski definition) is 5. The molecule has 0 saturated carbocycles. The Labute approximate surface area is 182 Å². The second-order valence-electron chi connectivity index (χ2n) is 5.95. The topological polar surface area (TPSA) is 88.2 Å². The number of rotatable bonds is 7. The molecule has 150 valence electrons. The first-order chi connectivity index (χ1) is 13.9. The third kappa shape index (κ3) is 5.66. The van der Waals surface area contributed by atoms with Crippen molar-refractivity contribution in [2.75, 3.05) is 7.05 Å². The van der Waals surface area contributed by atoms with E-state index in [1.807, 2.05) is 24.3 Å². The molecule has 0 atom stereocenters. The Balaban J connectivity index is 1.69. The van der Waals surface area contributed by atoms with Crippen molar-refractivity contribution in [3.8, 4) is 0 Å². The van der Waals surface area contributed by atoms with Crippen molar-refractivity contribution in [2.24, 2.45) is 0 Å². The molecule has 9 heteroatoms. The molecule has 0 bridgehead atoms. The molecule has 2 aromatic carbocycles. The molecule has 0 unspecified atom stereocenters. The van der Waals surface area contributed by atoms with Crippen LogP contribution in [0.25, 0.3) is 0 Å². The van der Waals surface area contributed by atoms with Crippen LogP contribution in [0, 0.1) is 0 Å². The van der Waals surface area contributed by atoms with E-state index in [2.05, 4.69) is 31.0 Å². The molecular weight excluding hydrogens is 474 g/mol. The number of halogens is 1. The van der Waals surface area contributed by atoms with Crippen LogP contribution in [0.5, 0.6) is 0 Å². The Morgan fingerprint density at radius 2 is 1.76 bits per heavy atom. The van der Waals surface area contributed by atoms with Gasteiger partial charge in [-0.1, -0.05) is 39.8 Å². The minimum atomic E-state index is -3.48. The molecule has 0 saturated heterocycles. The molecule has 0 aliphatic carbocycles. The number of amides is 1. The largest absolute Gasteiger partial charge is 0.348 e. The second-order valence-corrected chi connectivity index (χ2v) is 9.81. The molecule has 29 heavy (non-hydrogen) atoms. The predicted octanol–water partition coefficient (Wildman–Crippen LogP) is 3.83.